The van der Waals surface area contributed by atoms with Crippen LogP contribution in [-0.2, 0) is 10.0 Å². The average Bonchev–Trinajstić information content (AvgIpc) is 2.93. The molecule has 0 spiro atoms. The molecule has 1 aliphatic rings. The van der Waals surface area contributed by atoms with Crippen molar-refractivity contribution in [1.82, 2.24) is 9.62 Å². The van der Waals surface area contributed by atoms with Crippen LogP contribution in [0.5, 0.6) is 0 Å². The van der Waals surface area contributed by atoms with Gasteiger partial charge in [0.05, 0.1) is 4.90 Å². The van der Waals surface area contributed by atoms with E-state index in [2.05, 4.69) is 16.5 Å². The summed E-state index contributed by atoms with van der Waals surface area (Å²) in [7, 11) is -3.51. The van der Waals surface area contributed by atoms with Crippen LogP contribution in [0.2, 0.25) is 0 Å². The monoisotopic (exact) mass is 310 g/mol. The van der Waals surface area contributed by atoms with Gasteiger partial charge in [0.25, 0.3) is 0 Å². The summed E-state index contributed by atoms with van der Waals surface area (Å²) in [5.41, 5.74) is 0.516. The Bertz CT molecular complexity index is 596. The minimum Gasteiger partial charge on any atom is -0.299 e. The number of nitrogens with one attached hydrogen (secondary N) is 1. The van der Waals surface area contributed by atoms with Crippen molar-refractivity contribution in [3.8, 4) is 0 Å². The number of sulfonamides is 1. The molecule has 1 aromatic carbocycles. The average molecular weight is 310 g/mol. The minimum absolute atomic E-state index is 0.0727. The van der Waals surface area contributed by atoms with E-state index < -0.39 is 10.0 Å². The number of rotatable bonds is 6. The van der Waals surface area contributed by atoms with Crippen LogP contribution < -0.4 is 4.72 Å². The van der Waals surface area contributed by atoms with Gasteiger partial charge in [0.2, 0.25) is 10.0 Å². The second-order valence-electron chi connectivity index (χ2n) is 5.36. The lowest BCUT2D eigenvalue weighted by Gasteiger charge is -2.22. The first-order valence-corrected chi connectivity index (χ1v) is 8.77. The summed E-state index contributed by atoms with van der Waals surface area (Å²) in [6, 6.07) is 6.33. The van der Waals surface area contributed by atoms with Gasteiger partial charge in [-0.25, -0.2) is 13.1 Å². The van der Waals surface area contributed by atoms with Crippen LogP contribution in [-0.4, -0.2) is 44.8 Å². The highest BCUT2D eigenvalue weighted by molar-refractivity contribution is 7.89. The number of carbonyl (C=O) groups excluding carboxylic acids is 1. The summed E-state index contributed by atoms with van der Waals surface area (Å²) < 4.78 is 27.2. The van der Waals surface area contributed by atoms with Crippen LogP contribution in [0.25, 0.3) is 0 Å². The fourth-order valence-electron chi connectivity index (χ4n) is 2.70. The summed E-state index contributed by atoms with van der Waals surface area (Å²) in [6.07, 6.45) is 2.15. The lowest BCUT2D eigenvalue weighted by Crippen LogP contribution is -2.39. The number of carbonyl (C=O) groups is 1. The molecule has 1 saturated heterocycles. The Morgan fingerprint density at radius 1 is 1.33 bits per heavy atom. The SMILES string of the molecule is CCN1CCCC1CNS(=O)(=O)c1ccc(C(C)=O)cc1. The number of hydrogen-bond acceptors (Lipinski definition) is 4. The largest absolute Gasteiger partial charge is 0.299 e. The van der Waals surface area contributed by atoms with Gasteiger partial charge >= 0.3 is 0 Å². The van der Waals surface area contributed by atoms with Crippen LogP contribution in [0.4, 0.5) is 0 Å². The first-order chi connectivity index (χ1) is 9.94. The fraction of sp³-hybridized carbons (Fsp3) is 0.533. The van der Waals surface area contributed by atoms with Crippen molar-refractivity contribution in [2.75, 3.05) is 19.6 Å². The third-order valence-electron chi connectivity index (χ3n) is 3.99. The van der Waals surface area contributed by atoms with Gasteiger partial charge in [-0.05, 0) is 45.0 Å². The van der Waals surface area contributed by atoms with Gasteiger partial charge in [-0.1, -0.05) is 19.1 Å². The third kappa shape index (κ3) is 3.90. The predicted molar refractivity (Wildman–Crippen MR) is 81.9 cm³/mol. The molecule has 0 bridgehead atoms. The molecular weight excluding hydrogens is 288 g/mol. The number of ketones is 1. The Hall–Kier alpha value is -1.24. The maximum atomic E-state index is 12.3. The van der Waals surface area contributed by atoms with Gasteiger partial charge in [0, 0.05) is 18.2 Å². The lowest BCUT2D eigenvalue weighted by atomic mass is 10.2. The zero-order valence-electron chi connectivity index (χ0n) is 12.5. The van der Waals surface area contributed by atoms with Gasteiger partial charge in [-0.3, -0.25) is 9.69 Å². The number of likely N-dealkylation sites (N-methyl/N-ethyl adjacent to an activating group) is 1. The molecule has 5 nitrogen and oxygen atoms in total. The molecule has 0 radical (unpaired) electrons. The Morgan fingerprint density at radius 2 is 2.00 bits per heavy atom. The molecule has 1 atom stereocenters. The highest BCUT2D eigenvalue weighted by Crippen LogP contribution is 2.17. The topological polar surface area (TPSA) is 66.5 Å². The number of benzene rings is 1. The zero-order valence-corrected chi connectivity index (χ0v) is 13.3. The highest BCUT2D eigenvalue weighted by atomic mass is 32.2. The van der Waals surface area contributed by atoms with E-state index in [0.717, 1.165) is 25.9 Å². The van der Waals surface area contributed by atoms with Crippen molar-refractivity contribution in [2.45, 2.75) is 37.6 Å². The Morgan fingerprint density at radius 3 is 2.57 bits per heavy atom. The highest BCUT2D eigenvalue weighted by Gasteiger charge is 2.25. The standard InChI is InChI=1S/C15H22N2O3S/c1-3-17-10-4-5-14(17)11-16-21(19,20)15-8-6-13(7-9-15)12(2)18/h6-9,14,16H,3-5,10-11H2,1-2H3. The van der Waals surface area contributed by atoms with E-state index in [1.165, 1.54) is 19.1 Å². The van der Waals surface area contributed by atoms with Gasteiger partial charge in [0.1, 0.15) is 0 Å². The molecular formula is C15H22N2O3S. The molecule has 0 saturated carbocycles. The maximum Gasteiger partial charge on any atom is 0.240 e. The van der Waals surface area contributed by atoms with Crippen molar-refractivity contribution in [1.29, 1.82) is 0 Å². The van der Waals surface area contributed by atoms with E-state index in [1.54, 1.807) is 12.1 Å². The van der Waals surface area contributed by atoms with Crippen molar-refractivity contribution in [2.24, 2.45) is 0 Å². The first-order valence-electron chi connectivity index (χ1n) is 7.28. The van der Waals surface area contributed by atoms with Crippen molar-refractivity contribution < 1.29 is 13.2 Å². The smallest absolute Gasteiger partial charge is 0.240 e. The van der Waals surface area contributed by atoms with Gasteiger partial charge in [-0.2, -0.15) is 0 Å². The molecule has 1 aliphatic heterocycles. The minimum atomic E-state index is -3.51. The van der Waals surface area contributed by atoms with E-state index in [9.17, 15) is 13.2 Å². The molecule has 1 aromatic rings. The molecule has 1 N–H and O–H groups in total. The Kier molecular flexibility index (Phi) is 5.13. The second-order valence-corrected chi connectivity index (χ2v) is 7.12. The Labute approximate surface area is 126 Å². The van der Waals surface area contributed by atoms with Crippen LogP contribution in [0.1, 0.15) is 37.0 Å². The lowest BCUT2D eigenvalue weighted by molar-refractivity contribution is 0.101. The third-order valence-corrected chi connectivity index (χ3v) is 5.42. The fourth-order valence-corrected chi connectivity index (χ4v) is 3.77. The predicted octanol–water partition coefficient (Wildman–Crippen LogP) is 1.65. The van der Waals surface area contributed by atoms with E-state index >= 15 is 0 Å². The van der Waals surface area contributed by atoms with E-state index in [0.29, 0.717) is 12.1 Å². The van der Waals surface area contributed by atoms with Gasteiger partial charge in [-0.15, -0.1) is 0 Å². The molecule has 0 aromatic heterocycles. The first kappa shape index (κ1) is 16.1. The quantitative estimate of drug-likeness (QED) is 0.811. The van der Waals surface area contributed by atoms with Gasteiger partial charge in [0.15, 0.2) is 5.78 Å². The van der Waals surface area contributed by atoms with E-state index in [4.69, 9.17) is 0 Å². The van der Waals surface area contributed by atoms with Crippen molar-refractivity contribution in [3.05, 3.63) is 29.8 Å². The molecule has 21 heavy (non-hydrogen) atoms. The van der Waals surface area contributed by atoms with Crippen LogP contribution in [0.3, 0.4) is 0 Å². The number of likely N-dealkylation sites (tertiary alicyclic amines) is 1. The normalized spacial score (nSPS) is 19.8. The van der Waals surface area contributed by atoms with E-state index in [1.807, 2.05) is 0 Å². The number of nitrogens with zero attached hydrogens (tertiary/aromatic N) is 1. The summed E-state index contributed by atoms with van der Waals surface area (Å²) >= 11 is 0. The van der Waals surface area contributed by atoms with Gasteiger partial charge < -0.3 is 0 Å². The van der Waals surface area contributed by atoms with Crippen LogP contribution in [0, 0.1) is 0 Å². The Balaban J connectivity index is 2.02. The number of hydrogen-bond donors (Lipinski definition) is 1. The summed E-state index contributed by atoms with van der Waals surface area (Å²) in [4.78, 5) is 13.7. The molecule has 116 valence electrons. The maximum absolute atomic E-state index is 12.3. The molecule has 6 heteroatoms. The summed E-state index contributed by atoms with van der Waals surface area (Å²) in [5, 5.41) is 0. The van der Waals surface area contributed by atoms with E-state index in [-0.39, 0.29) is 16.7 Å². The molecule has 1 fully saturated rings. The van der Waals surface area contributed by atoms with Crippen LogP contribution in [0.15, 0.2) is 29.2 Å². The van der Waals surface area contributed by atoms with Crippen molar-refractivity contribution >= 4 is 15.8 Å². The van der Waals surface area contributed by atoms with Crippen LogP contribution >= 0.6 is 0 Å². The molecule has 0 amide bonds. The zero-order chi connectivity index (χ0) is 15.5. The second kappa shape index (κ2) is 6.68. The summed E-state index contributed by atoms with van der Waals surface area (Å²) in [5.74, 6) is -0.0727. The summed E-state index contributed by atoms with van der Waals surface area (Å²) in [6.45, 7) is 5.97. The molecule has 2 rings (SSSR count). The molecule has 0 aliphatic carbocycles. The number of Topliss-reactive ketones (excluding diaryl/α,β-unsaturated/α-hetero) is 1. The van der Waals surface area contributed by atoms with Crippen molar-refractivity contribution in [3.63, 3.8) is 0 Å². The molecule has 1 heterocycles. The molecule has 1 unspecified atom stereocenters.